The van der Waals surface area contributed by atoms with E-state index >= 15 is 0 Å². The van der Waals surface area contributed by atoms with Crippen molar-refractivity contribution in [1.29, 1.82) is 0 Å². The topological polar surface area (TPSA) is 0 Å². The third-order valence-corrected chi connectivity index (χ3v) is 9.17. The number of rotatable bonds is 2. The van der Waals surface area contributed by atoms with E-state index < -0.39 is 0 Å². The lowest BCUT2D eigenvalue weighted by Gasteiger charge is -2.63. The van der Waals surface area contributed by atoms with Gasteiger partial charge in [0.1, 0.15) is 0 Å². The molecule has 0 aromatic carbocycles. The molecule has 1 heterocycles. The quantitative estimate of drug-likeness (QED) is 0.461. The van der Waals surface area contributed by atoms with Crippen LogP contribution in [0.2, 0.25) is 0 Å². The van der Waals surface area contributed by atoms with Gasteiger partial charge >= 0.3 is 0 Å². The average molecular weight is 418 g/mol. The Morgan fingerprint density at radius 2 is 1.90 bits per heavy atom. The van der Waals surface area contributed by atoms with Crippen molar-refractivity contribution in [3.05, 3.63) is 20.3 Å². The predicted octanol–water partition coefficient (Wildman–Crippen LogP) is 6.86. The predicted molar refractivity (Wildman–Crippen MR) is 93.6 cm³/mol. The van der Waals surface area contributed by atoms with Gasteiger partial charge in [0.05, 0.1) is 3.79 Å². The summed E-state index contributed by atoms with van der Waals surface area (Å²) in [6.45, 7) is 4.84. The third kappa shape index (κ3) is 2.10. The fourth-order valence-electron chi connectivity index (χ4n) is 6.13. The van der Waals surface area contributed by atoms with E-state index in [0.717, 1.165) is 11.8 Å². The van der Waals surface area contributed by atoms with E-state index in [1.807, 2.05) is 11.3 Å². The fourth-order valence-corrected chi connectivity index (χ4v) is 9.05. The van der Waals surface area contributed by atoms with Crippen molar-refractivity contribution >= 4 is 43.2 Å². The minimum atomic E-state index is 0.532. The molecular formula is C17H22Br2S. The van der Waals surface area contributed by atoms with E-state index in [1.54, 1.807) is 5.56 Å². The highest BCUT2D eigenvalue weighted by Gasteiger charge is 2.58. The molecule has 1 aromatic heterocycles. The van der Waals surface area contributed by atoms with Crippen molar-refractivity contribution in [2.24, 2.45) is 22.7 Å². The third-order valence-electron chi connectivity index (χ3n) is 6.14. The summed E-state index contributed by atoms with van der Waals surface area (Å²) >= 11 is 9.71. The number of thiophene rings is 1. The monoisotopic (exact) mass is 416 g/mol. The van der Waals surface area contributed by atoms with Gasteiger partial charge in [-0.2, -0.15) is 0 Å². The summed E-state index contributed by atoms with van der Waals surface area (Å²) in [7, 11) is 0. The van der Waals surface area contributed by atoms with Crippen LogP contribution in [0.15, 0.2) is 9.85 Å². The molecule has 0 radical (unpaired) electrons. The molecule has 20 heavy (non-hydrogen) atoms. The van der Waals surface area contributed by atoms with E-state index in [9.17, 15) is 0 Å². The molecule has 5 rings (SSSR count). The normalized spacial score (nSPS) is 44.0. The smallest absolute Gasteiger partial charge is 0.0704 e. The van der Waals surface area contributed by atoms with Gasteiger partial charge in [0.2, 0.25) is 0 Å². The van der Waals surface area contributed by atoms with Gasteiger partial charge in [-0.3, -0.25) is 0 Å². The summed E-state index contributed by atoms with van der Waals surface area (Å²) in [5.41, 5.74) is 2.72. The number of halogens is 2. The van der Waals surface area contributed by atoms with E-state index in [2.05, 4.69) is 51.8 Å². The van der Waals surface area contributed by atoms with Crippen LogP contribution < -0.4 is 0 Å². The van der Waals surface area contributed by atoms with Crippen molar-refractivity contribution in [3.63, 3.8) is 0 Å². The second-order valence-corrected chi connectivity index (χ2v) is 11.6. The summed E-state index contributed by atoms with van der Waals surface area (Å²) < 4.78 is 1.28. The van der Waals surface area contributed by atoms with Crippen LogP contribution in [-0.2, 0) is 0 Å². The average Bonchev–Trinajstić information content (AvgIpc) is 2.64. The molecule has 0 N–H and O–H groups in total. The highest BCUT2D eigenvalue weighted by Crippen LogP contribution is 2.70. The van der Waals surface area contributed by atoms with Gasteiger partial charge in [0.15, 0.2) is 0 Å². The zero-order valence-electron chi connectivity index (χ0n) is 12.2. The lowest BCUT2D eigenvalue weighted by atomic mass is 9.44. The number of aryl methyl sites for hydroxylation is 1. The highest BCUT2D eigenvalue weighted by atomic mass is 79.9. The zero-order valence-corrected chi connectivity index (χ0v) is 16.2. The van der Waals surface area contributed by atoms with Crippen LogP contribution in [0.5, 0.6) is 0 Å². The standard InChI is InChI=1S/C17H22Br2S/c1-10-13(4-14(18)20-10)15(19)17-7-11-3-12(8-17)6-16(2,5-11)9-17/h4,11-12,15H,3,5-9H2,1-2H3. The van der Waals surface area contributed by atoms with E-state index in [4.69, 9.17) is 0 Å². The molecule has 0 saturated heterocycles. The molecule has 0 nitrogen and oxygen atoms in total. The molecular weight excluding hydrogens is 396 g/mol. The zero-order chi connectivity index (χ0) is 14.1. The van der Waals surface area contributed by atoms with Gasteiger partial charge in [-0.1, -0.05) is 22.9 Å². The van der Waals surface area contributed by atoms with Gasteiger partial charge in [0, 0.05) is 9.70 Å². The summed E-state index contributed by atoms with van der Waals surface area (Å²) in [6, 6.07) is 2.36. The highest BCUT2D eigenvalue weighted by molar-refractivity contribution is 9.11. The molecule has 0 aliphatic heterocycles. The lowest BCUT2D eigenvalue weighted by Crippen LogP contribution is -2.52. The first kappa shape index (κ1) is 14.3. The van der Waals surface area contributed by atoms with E-state index in [-0.39, 0.29) is 0 Å². The van der Waals surface area contributed by atoms with Crippen LogP contribution >= 0.6 is 43.2 Å². The van der Waals surface area contributed by atoms with Crippen LogP contribution in [0, 0.1) is 29.6 Å². The second kappa shape index (κ2) is 4.58. The fraction of sp³-hybridized carbons (Fsp3) is 0.765. The molecule has 3 heteroatoms. The molecule has 4 saturated carbocycles. The van der Waals surface area contributed by atoms with Gasteiger partial charge in [-0.15, -0.1) is 11.3 Å². The van der Waals surface area contributed by atoms with Gasteiger partial charge in [-0.25, -0.2) is 0 Å². The summed E-state index contributed by atoms with van der Waals surface area (Å²) in [6.07, 6.45) is 8.87. The maximum Gasteiger partial charge on any atom is 0.0704 e. The molecule has 0 spiro atoms. The minimum absolute atomic E-state index is 0.532. The van der Waals surface area contributed by atoms with E-state index in [0.29, 0.717) is 15.7 Å². The van der Waals surface area contributed by atoms with Gasteiger partial charge < -0.3 is 0 Å². The van der Waals surface area contributed by atoms with Crippen molar-refractivity contribution in [3.8, 4) is 0 Å². The maximum absolute atomic E-state index is 4.15. The van der Waals surface area contributed by atoms with Gasteiger partial charge in [0.25, 0.3) is 0 Å². The number of alkyl halides is 1. The van der Waals surface area contributed by atoms with E-state index in [1.165, 1.54) is 47.2 Å². The van der Waals surface area contributed by atoms with Crippen molar-refractivity contribution in [2.45, 2.75) is 57.2 Å². The Bertz CT molecular complexity index is 533. The molecule has 4 aliphatic carbocycles. The maximum atomic E-state index is 4.15. The molecule has 3 unspecified atom stereocenters. The van der Waals surface area contributed by atoms with Crippen molar-refractivity contribution in [1.82, 2.24) is 0 Å². The molecule has 4 aliphatic rings. The lowest BCUT2D eigenvalue weighted by molar-refractivity contribution is -0.101. The Balaban J connectivity index is 1.72. The second-order valence-electron chi connectivity index (χ2n) is 8.06. The first-order valence-corrected chi connectivity index (χ1v) is 10.3. The molecule has 3 atom stereocenters. The van der Waals surface area contributed by atoms with Crippen LogP contribution in [0.25, 0.3) is 0 Å². The molecule has 110 valence electrons. The van der Waals surface area contributed by atoms with Crippen LogP contribution in [0.3, 0.4) is 0 Å². The SMILES string of the molecule is Cc1sc(Br)cc1C(Br)C12CC3CC(CC(C)(C3)C1)C2. The molecule has 0 amide bonds. The molecule has 4 bridgehead atoms. The number of hydrogen-bond acceptors (Lipinski definition) is 1. The largest absolute Gasteiger partial charge is 0.133 e. The Labute approximate surface area is 143 Å². The Hall–Kier alpha value is 0.660. The van der Waals surface area contributed by atoms with Gasteiger partial charge in [-0.05, 0) is 95.7 Å². The summed E-state index contributed by atoms with van der Waals surface area (Å²) in [5, 5.41) is 0. The summed E-state index contributed by atoms with van der Waals surface area (Å²) in [4.78, 5) is 2.04. The Kier molecular flexibility index (Phi) is 3.27. The minimum Gasteiger partial charge on any atom is -0.133 e. The van der Waals surface area contributed by atoms with Crippen LogP contribution in [0.4, 0.5) is 0 Å². The summed E-state index contributed by atoms with van der Waals surface area (Å²) in [5.74, 6) is 2.01. The number of hydrogen-bond donors (Lipinski definition) is 0. The van der Waals surface area contributed by atoms with Crippen LogP contribution in [-0.4, -0.2) is 0 Å². The Morgan fingerprint density at radius 1 is 1.25 bits per heavy atom. The van der Waals surface area contributed by atoms with Crippen molar-refractivity contribution < 1.29 is 0 Å². The van der Waals surface area contributed by atoms with Crippen LogP contribution in [0.1, 0.15) is 60.7 Å². The van der Waals surface area contributed by atoms with Crippen molar-refractivity contribution in [2.75, 3.05) is 0 Å². The first-order valence-electron chi connectivity index (χ1n) is 7.79. The first-order chi connectivity index (χ1) is 9.39. The molecule has 1 aromatic rings. The molecule has 4 fully saturated rings. The Morgan fingerprint density at radius 3 is 2.40 bits per heavy atom.